The second-order valence-electron chi connectivity index (χ2n) is 6.33. The molecule has 2 aromatic carbocycles. The Morgan fingerprint density at radius 1 is 1.04 bits per heavy atom. The first-order chi connectivity index (χ1) is 12.0. The summed E-state index contributed by atoms with van der Waals surface area (Å²) in [5, 5.41) is 0. The summed E-state index contributed by atoms with van der Waals surface area (Å²) in [4.78, 5) is 4.71. The van der Waals surface area contributed by atoms with Crippen molar-refractivity contribution < 1.29 is 0 Å². The highest BCUT2D eigenvalue weighted by Gasteiger charge is 2.11. The van der Waals surface area contributed by atoms with Gasteiger partial charge in [0.25, 0.3) is 0 Å². The third-order valence-electron chi connectivity index (χ3n) is 4.59. The first kappa shape index (κ1) is 17.7. The largest absolute Gasteiger partial charge is 0.318 e. The van der Waals surface area contributed by atoms with Gasteiger partial charge in [-0.2, -0.15) is 0 Å². The Labute approximate surface area is 158 Å². The Hall–Kier alpha value is -2.13. The number of nitrogens with zero attached hydrogens (tertiary/aromatic N) is 2. The molecule has 0 N–H and O–H groups in total. The Morgan fingerprint density at radius 3 is 2.52 bits per heavy atom. The van der Waals surface area contributed by atoms with Crippen LogP contribution in [0.25, 0.3) is 5.69 Å². The van der Waals surface area contributed by atoms with Gasteiger partial charge in [-0.15, -0.1) is 0 Å². The van der Waals surface area contributed by atoms with Gasteiger partial charge >= 0.3 is 0 Å². The number of para-hydroxylation sites is 1. The highest BCUT2D eigenvalue weighted by Crippen LogP contribution is 2.25. The highest BCUT2D eigenvalue weighted by atomic mass is 79.9. The van der Waals surface area contributed by atoms with E-state index in [-0.39, 0.29) is 0 Å². The predicted octanol–water partition coefficient (Wildman–Crippen LogP) is 6.48. The molecule has 0 amide bonds. The normalized spacial score (nSPS) is 11.4. The Bertz CT molecular complexity index is 935. The van der Waals surface area contributed by atoms with Gasteiger partial charge in [0.1, 0.15) is 0 Å². The lowest BCUT2D eigenvalue weighted by atomic mass is 10.1. The maximum Gasteiger partial charge on any atom is 0.0659 e. The van der Waals surface area contributed by atoms with Crippen LogP contribution >= 0.6 is 15.9 Å². The molecule has 0 aliphatic rings. The number of hydrogen-bond donors (Lipinski definition) is 0. The van der Waals surface area contributed by atoms with Gasteiger partial charge in [0.15, 0.2) is 0 Å². The van der Waals surface area contributed by atoms with Crippen LogP contribution in [0.2, 0.25) is 0 Å². The number of hydrogen-bond acceptors (Lipinski definition) is 1. The standard InChI is InChI=1S/C22H23BrN2/c1-5-18-8-6-7-9-22(18)25-16(3)13-19(17(25)4)14-24-21-11-10-20(23)12-15(21)2/h6-14H,5H2,1-4H3. The van der Waals surface area contributed by atoms with Gasteiger partial charge in [0.05, 0.1) is 5.69 Å². The van der Waals surface area contributed by atoms with Crippen LogP contribution in [0.3, 0.4) is 0 Å². The molecule has 128 valence electrons. The van der Waals surface area contributed by atoms with Crippen molar-refractivity contribution in [2.45, 2.75) is 34.1 Å². The topological polar surface area (TPSA) is 17.3 Å². The lowest BCUT2D eigenvalue weighted by Gasteiger charge is -2.13. The zero-order valence-electron chi connectivity index (χ0n) is 15.2. The highest BCUT2D eigenvalue weighted by molar-refractivity contribution is 9.10. The van der Waals surface area contributed by atoms with E-state index in [1.807, 2.05) is 18.3 Å². The van der Waals surface area contributed by atoms with Gasteiger partial charge in [-0.1, -0.05) is 41.1 Å². The minimum atomic E-state index is 1.00. The molecule has 3 heteroatoms. The molecule has 3 rings (SSSR count). The third kappa shape index (κ3) is 3.62. The van der Waals surface area contributed by atoms with Crippen molar-refractivity contribution in [3.8, 4) is 5.69 Å². The van der Waals surface area contributed by atoms with Crippen LogP contribution in [0.5, 0.6) is 0 Å². The molecule has 0 saturated carbocycles. The van der Waals surface area contributed by atoms with Gasteiger partial charge < -0.3 is 4.57 Å². The average molecular weight is 395 g/mol. The lowest BCUT2D eigenvalue weighted by molar-refractivity contribution is 0.937. The van der Waals surface area contributed by atoms with Crippen molar-refractivity contribution in [2.75, 3.05) is 0 Å². The van der Waals surface area contributed by atoms with Crippen molar-refractivity contribution in [3.63, 3.8) is 0 Å². The molecule has 3 aromatic rings. The van der Waals surface area contributed by atoms with Gasteiger partial charge in [-0.25, -0.2) is 0 Å². The van der Waals surface area contributed by atoms with Crippen molar-refractivity contribution in [1.29, 1.82) is 0 Å². The summed E-state index contributed by atoms with van der Waals surface area (Å²) in [7, 11) is 0. The van der Waals surface area contributed by atoms with E-state index in [0.29, 0.717) is 0 Å². The average Bonchev–Trinajstić information content (AvgIpc) is 2.88. The maximum atomic E-state index is 4.71. The molecule has 2 nitrogen and oxygen atoms in total. The molecule has 0 atom stereocenters. The number of aliphatic imine (C=N–C) groups is 1. The van der Waals surface area contributed by atoms with E-state index in [1.165, 1.54) is 22.6 Å². The minimum absolute atomic E-state index is 1.00. The zero-order valence-corrected chi connectivity index (χ0v) is 16.8. The molecule has 1 aromatic heterocycles. The zero-order chi connectivity index (χ0) is 18.0. The van der Waals surface area contributed by atoms with E-state index >= 15 is 0 Å². The molecular weight excluding hydrogens is 372 g/mol. The number of halogens is 1. The van der Waals surface area contributed by atoms with Crippen LogP contribution in [-0.2, 0) is 6.42 Å². The molecule has 1 heterocycles. The summed E-state index contributed by atoms with van der Waals surface area (Å²) in [6, 6.07) is 17.0. The van der Waals surface area contributed by atoms with Crippen molar-refractivity contribution in [2.24, 2.45) is 4.99 Å². The lowest BCUT2D eigenvalue weighted by Crippen LogP contribution is -2.03. The summed E-state index contributed by atoms with van der Waals surface area (Å²) in [5.41, 5.74) is 8.39. The first-order valence-corrected chi connectivity index (χ1v) is 9.38. The molecule has 0 unspecified atom stereocenters. The summed E-state index contributed by atoms with van der Waals surface area (Å²) < 4.78 is 3.41. The van der Waals surface area contributed by atoms with Crippen LogP contribution in [0.15, 0.2) is 58.0 Å². The molecule has 0 aliphatic heterocycles. The molecule has 0 bridgehead atoms. The summed E-state index contributed by atoms with van der Waals surface area (Å²) in [6.45, 7) is 8.60. The number of benzene rings is 2. The minimum Gasteiger partial charge on any atom is -0.318 e. The van der Waals surface area contributed by atoms with Crippen LogP contribution in [0.1, 0.15) is 35.0 Å². The first-order valence-electron chi connectivity index (χ1n) is 8.58. The third-order valence-corrected chi connectivity index (χ3v) is 5.08. The Kier molecular flexibility index (Phi) is 5.24. The molecule has 0 saturated heterocycles. The van der Waals surface area contributed by atoms with Gasteiger partial charge in [0.2, 0.25) is 0 Å². The van der Waals surface area contributed by atoms with Crippen LogP contribution in [-0.4, -0.2) is 10.8 Å². The second-order valence-corrected chi connectivity index (χ2v) is 7.25. The monoisotopic (exact) mass is 394 g/mol. The van der Waals surface area contributed by atoms with E-state index in [2.05, 4.69) is 84.6 Å². The van der Waals surface area contributed by atoms with Crippen molar-refractivity contribution in [1.82, 2.24) is 4.57 Å². The van der Waals surface area contributed by atoms with Gasteiger partial charge in [-0.3, -0.25) is 4.99 Å². The Balaban J connectivity index is 2.01. The fourth-order valence-electron chi connectivity index (χ4n) is 3.22. The molecule has 0 aliphatic carbocycles. The smallest absolute Gasteiger partial charge is 0.0659 e. The Morgan fingerprint density at radius 2 is 1.80 bits per heavy atom. The fourth-order valence-corrected chi connectivity index (χ4v) is 3.70. The van der Waals surface area contributed by atoms with Crippen LogP contribution < -0.4 is 0 Å². The van der Waals surface area contributed by atoms with E-state index in [1.54, 1.807) is 0 Å². The molecule has 0 fully saturated rings. The van der Waals surface area contributed by atoms with E-state index in [0.717, 1.165) is 27.7 Å². The SMILES string of the molecule is CCc1ccccc1-n1c(C)cc(C=Nc2ccc(Br)cc2C)c1C. The number of aryl methyl sites for hydroxylation is 3. The number of aromatic nitrogens is 1. The second kappa shape index (κ2) is 7.40. The van der Waals surface area contributed by atoms with Crippen molar-refractivity contribution in [3.05, 3.63) is 81.1 Å². The van der Waals surface area contributed by atoms with E-state index in [4.69, 9.17) is 4.99 Å². The molecular formula is C22H23BrN2. The van der Waals surface area contributed by atoms with E-state index < -0.39 is 0 Å². The number of rotatable bonds is 4. The summed E-state index contributed by atoms with van der Waals surface area (Å²) in [6.07, 6.45) is 3.00. The van der Waals surface area contributed by atoms with E-state index in [9.17, 15) is 0 Å². The van der Waals surface area contributed by atoms with Gasteiger partial charge in [-0.05, 0) is 68.7 Å². The quantitative estimate of drug-likeness (QED) is 0.450. The summed E-state index contributed by atoms with van der Waals surface area (Å²) >= 11 is 3.50. The predicted molar refractivity (Wildman–Crippen MR) is 111 cm³/mol. The maximum absolute atomic E-state index is 4.71. The van der Waals surface area contributed by atoms with Gasteiger partial charge in [0, 0.05) is 33.3 Å². The molecule has 0 spiro atoms. The summed E-state index contributed by atoms with van der Waals surface area (Å²) in [5.74, 6) is 0. The molecule has 0 radical (unpaired) electrons. The molecule has 25 heavy (non-hydrogen) atoms. The van der Waals surface area contributed by atoms with Crippen molar-refractivity contribution >= 4 is 27.8 Å². The van der Waals surface area contributed by atoms with Crippen LogP contribution in [0.4, 0.5) is 5.69 Å². The van der Waals surface area contributed by atoms with Crippen LogP contribution in [0, 0.1) is 20.8 Å². The fraction of sp³-hybridized carbons (Fsp3) is 0.227.